The molecule has 0 bridgehead atoms. The minimum absolute atomic E-state index is 0.0381. The molecule has 1 aromatic carbocycles. The van der Waals surface area contributed by atoms with Gasteiger partial charge in [0, 0.05) is 35.9 Å². The third-order valence-electron chi connectivity index (χ3n) is 4.29. The van der Waals surface area contributed by atoms with Crippen molar-refractivity contribution < 1.29 is 9.53 Å². The maximum absolute atomic E-state index is 12.8. The molecule has 2 heterocycles. The van der Waals surface area contributed by atoms with Crippen molar-refractivity contribution in [3.05, 3.63) is 80.4 Å². The van der Waals surface area contributed by atoms with Crippen molar-refractivity contribution in [1.29, 1.82) is 0 Å². The van der Waals surface area contributed by atoms with Gasteiger partial charge < -0.3 is 14.6 Å². The van der Waals surface area contributed by atoms with E-state index in [1.54, 1.807) is 24.4 Å². The van der Waals surface area contributed by atoms with E-state index >= 15 is 0 Å². The Morgan fingerprint density at radius 1 is 1.32 bits per heavy atom. The first kappa shape index (κ1) is 20.3. The molecule has 0 radical (unpaired) electrons. The van der Waals surface area contributed by atoms with Crippen LogP contribution >= 0.6 is 22.9 Å². The molecule has 0 unspecified atom stereocenters. The number of amides is 1. The number of halogens is 1. The number of carbonyl (C=O) groups is 1. The average molecular weight is 417 g/mol. The van der Waals surface area contributed by atoms with Crippen molar-refractivity contribution in [3.8, 4) is 0 Å². The summed E-state index contributed by atoms with van der Waals surface area (Å²) in [6.07, 6.45) is 3.46. The summed E-state index contributed by atoms with van der Waals surface area (Å²) in [5.41, 5.74) is 3.13. The highest BCUT2D eigenvalue weighted by Gasteiger charge is 2.15. The van der Waals surface area contributed by atoms with Crippen LogP contribution in [0.4, 0.5) is 0 Å². The van der Waals surface area contributed by atoms with Gasteiger partial charge in [-0.15, -0.1) is 17.9 Å². The number of aromatic nitrogens is 1. The van der Waals surface area contributed by atoms with Crippen LogP contribution in [0.3, 0.4) is 0 Å². The summed E-state index contributed by atoms with van der Waals surface area (Å²) in [4.78, 5) is 25.1. The van der Waals surface area contributed by atoms with E-state index in [-0.39, 0.29) is 17.8 Å². The first-order valence-corrected chi connectivity index (χ1v) is 10.0. The molecular weight excluding hydrogens is 396 g/mol. The summed E-state index contributed by atoms with van der Waals surface area (Å²) in [6, 6.07) is 7.27. The highest BCUT2D eigenvalue weighted by Crippen LogP contribution is 2.24. The van der Waals surface area contributed by atoms with Crippen molar-refractivity contribution >= 4 is 39.1 Å². The van der Waals surface area contributed by atoms with E-state index in [0.29, 0.717) is 35.0 Å². The number of thiophene rings is 1. The van der Waals surface area contributed by atoms with E-state index in [1.165, 1.54) is 11.3 Å². The van der Waals surface area contributed by atoms with Gasteiger partial charge in [0.25, 0.3) is 0 Å². The molecular formula is C21H21ClN2O3S. The van der Waals surface area contributed by atoms with Crippen LogP contribution in [-0.4, -0.2) is 17.1 Å². The van der Waals surface area contributed by atoms with E-state index in [9.17, 15) is 9.59 Å². The smallest absolute Gasteiger partial charge is 0.224 e. The number of pyridine rings is 1. The topological polar surface area (TPSA) is 60.3 Å². The lowest BCUT2D eigenvalue weighted by Crippen LogP contribution is -2.27. The summed E-state index contributed by atoms with van der Waals surface area (Å²) < 4.78 is 8.04. The summed E-state index contributed by atoms with van der Waals surface area (Å²) in [5, 5.41) is 5.43. The van der Waals surface area contributed by atoms with Gasteiger partial charge in [0.1, 0.15) is 0 Å². The van der Waals surface area contributed by atoms with Crippen molar-refractivity contribution in [2.24, 2.45) is 7.05 Å². The quantitative estimate of drug-likeness (QED) is 0.448. The zero-order chi connectivity index (χ0) is 20.1. The fraction of sp³-hybridized carbons (Fsp3) is 0.238. The van der Waals surface area contributed by atoms with Gasteiger partial charge in [0.15, 0.2) is 0 Å². The fourth-order valence-corrected chi connectivity index (χ4v) is 4.15. The third kappa shape index (κ3) is 4.70. The molecule has 5 nitrogen and oxygen atoms in total. The Morgan fingerprint density at radius 2 is 2.07 bits per heavy atom. The molecule has 3 rings (SSSR count). The van der Waals surface area contributed by atoms with Gasteiger partial charge in [-0.2, -0.15) is 0 Å². The van der Waals surface area contributed by atoms with Gasteiger partial charge in [-0.25, -0.2) is 0 Å². The molecule has 1 N–H and O–H groups in total. The number of hydrogen-bond acceptors (Lipinski definition) is 4. The monoisotopic (exact) mass is 416 g/mol. The Kier molecular flexibility index (Phi) is 6.67. The summed E-state index contributed by atoms with van der Waals surface area (Å²) in [5.74, 6) is -0.197. The number of carbonyl (C=O) groups excluding carboxylic acids is 1. The standard InChI is InChI=1S/C21H21ClN2O3S/c1-3-8-27-12-16-13-28-21-19(16)24(2)11-15(20(21)26)9-18(25)23-10-14-4-6-17(22)7-5-14/h3-7,11,13H,1,8-10,12H2,2H3,(H,23,25). The first-order chi connectivity index (χ1) is 13.5. The lowest BCUT2D eigenvalue weighted by Gasteiger charge is -2.09. The molecule has 1 amide bonds. The van der Waals surface area contributed by atoms with E-state index in [4.69, 9.17) is 16.3 Å². The molecule has 146 valence electrons. The molecule has 0 saturated heterocycles. The number of fused-ring (bicyclic) bond motifs is 1. The molecule has 3 aromatic rings. The molecule has 0 spiro atoms. The normalized spacial score (nSPS) is 10.9. The molecule has 0 aliphatic heterocycles. The van der Waals surface area contributed by atoms with Gasteiger partial charge in [0.2, 0.25) is 11.3 Å². The largest absolute Gasteiger partial charge is 0.373 e. The van der Waals surface area contributed by atoms with Gasteiger partial charge in [0.05, 0.1) is 29.9 Å². The Bertz CT molecular complexity index is 1050. The van der Waals surface area contributed by atoms with Crippen molar-refractivity contribution in [1.82, 2.24) is 9.88 Å². The maximum Gasteiger partial charge on any atom is 0.224 e. The fourth-order valence-electron chi connectivity index (χ4n) is 2.96. The zero-order valence-electron chi connectivity index (χ0n) is 15.5. The lowest BCUT2D eigenvalue weighted by molar-refractivity contribution is -0.120. The summed E-state index contributed by atoms with van der Waals surface area (Å²) in [7, 11) is 1.88. The van der Waals surface area contributed by atoms with Gasteiger partial charge >= 0.3 is 0 Å². The SMILES string of the molecule is C=CCOCc1csc2c(=O)c(CC(=O)NCc3ccc(Cl)cc3)cn(C)c12. The summed E-state index contributed by atoms with van der Waals surface area (Å²) in [6.45, 7) is 4.89. The Morgan fingerprint density at radius 3 is 2.79 bits per heavy atom. The first-order valence-electron chi connectivity index (χ1n) is 8.78. The second-order valence-electron chi connectivity index (χ2n) is 6.42. The minimum atomic E-state index is -0.197. The lowest BCUT2D eigenvalue weighted by atomic mass is 10.1. The molecule has 28 heavy (non-hydrogen) atoms. The highest BCUT2D eigenvalue weighted by atomic mass is 35.5. The predicted octanol–water partition coefficient (Wildman–Crippen LogP) is 3.81. The number of nitrogens with one attached hydrogen (secondary N) is 1. The van der Waals surface area contributed by atoms with E-state index in [2.05, 4.69) is 11.9 Å². The number of rotatable bonds is 8. The van der Waals surface area contributed by atoms with E-state index in [0.717, 1.165) is 16.6 Å². The van der Waals surface area contributed by atoms with Crippen LogP contribution < -0.4 is 10.7 Å². The Labute approximate surface area is 172 Å². The maximum atomic E-state index is 12.8. The number of ether oxygens (including phenoxy) is 1. The van der Waals surface area contributed by atoms with Crippen molar-refractivity contribution in [3.63, 3.8) is 0 Å². The second-order valence-corrected chi connectivity index (χ2v) is 7.73. The van der Waals surface area contributed by atoms with Gasteiger partial charge in [-0.3, -0.25) is 9.59 Å². The number of aryl methyl sites for hydroxylation is 1. The van der Waals surface area contributed by atoms with Crippen LogP contribution in [0.5, 0.6) is 0 Å². The van der Waals surface area contributed by atoms with Crippen LogP contribution in [0, 0.1) is 0 Å². The van der Waals surface area contributed by atoms with Crippen LogP contribution in [-0.2, 0) is 36.2 Å². The summed E-state index contributed by atoms with van der Waals surface area (Å²) >= 11 is 7.25. The average Bonchev–Trinajstić information content (AvgIpc) is 3.10. The predicted molar refractivity (Wildman–Crippen MR) is 114 cm³/mol. The highest BCUT2D eigenvalue weighted by molar-refractivity contribution is 7.17. The van der Waals surface area contributed by atoms with Crippen molar-refractivity contribution in [2.45, 2.75) is 19.6 Å². The second kappa shape index (κ2) is 9.19. The number of hydrogen-bond donors (Lipinski definition) is 1. The van der Waals surface area contributed by atoms with E-state index in [1.807, 2.05) is 29.1 Å². The third-order valence-corrected chi connectivity index (χ3v) is 5.55. The van der Waals surface area contributed by atoms with Gasteiger partial charge in [-0.1, -0.05) is 29.8 Å². The number of nitrogens with zero attached hydrogens (tertiary/aromatic N) is 1. The van der Waals surface area contributed by atoms with Gasteiger partial charge in [-0.05, 0) is 23.1 Å². The molecule has 0 saturated carbocycles. The zero-order valence-corrected chi connectivity index (χ0v) is 17.1. The molecule has 0 fully saturated rings. The number of benzene rings is 1. The molecule has 0 atom stereocenters. The van der Waals surface area contributed by atoms with Crippen LogP contribution in [0.25, 0.3) is 10.2 Å². The Hall–Kier alpha value is -2.41. The van der Waals surface area contributed by atoms with Crippen LogP contribution in [0.15, 0.2) is 53.3 Å². The minimum Gasteiger partial charge on any atom is -0.373 e. The van der Waals surface area contributed by atoms with Crippen LogP contribution in [0.1, 0.15) is 16.7 Å². The van der Waals surface area contributed by atoms with E-state index < -0.39 is 0 Å². The van der Waals surface area contributed by atoms with Crippen LogP contribution in [0.2, 0.25) is 5.02 Å². The molecule has 2 aromatic heterocycles. The molecule has 0 aliphatic carbocycles. The molecule has 0 aliphatic rings. The molecule has 7 heteroatoms. The Balaban J connectivity index is 1.73. The van der Waals surface area contributed by atoms with Crippen molar-refractivity contribution in [2.75, 3.05) is 6.61 Å².